The van der Waals surface area contributed by atoms with Crippen molar-refractivity contribution in [1.29, 1.82) is 0 Å². The molecule has 0 aromatic carbocycles. The molecule has 1 rings (SSSR count). The van der Waals surface area contributed by atoms with Gasteiger partial charge in [0.15, 0.2) is 5.82 Å². The quantitative estimate of drug-likeness (QED) is 0.773. The Morgan fingerprint density at radius 1 is 1.35 bits per heavy atom. The maximum absolute atomic E-state index is 11.5. The van der Waals surface area contributed by atoms with E-state index < -0.39 is 17.7 Å². The Balaban J connectivity index is 2.51. The first-order valence-corrected chi connectivity index (χ1v) is 6.19. The largest absolute Gasteiger partial charge is 0.465 e. The minimum absolute atomic E-state index is 0.0569. The van der Waals surface area contributed by atoms with Crippen LogP contribution in [0.4, 0.5) is 4.79 Å². The van der Waals surface area contributed by atoms with Crippen LogP contribution in [0.3, 0.4) is 0 Å². The summed E-state index contributed by atoms with van der Waals surface area (Å²) < 4.78 is 11.1. The molecule has 0 fully saturated rings. The average Bonchev–Trinajstić information content (AvgIpc) is 2.71. The van der Waals surface area contributed by atoms with E-state index in [4.69, 9.17) is 9.47 Å². The van der Waals surface area contributed by atoms with Crippen molar-refractivity contribution in [2.24, 2.45) is 0 Å². The van der Waals surface area contributed by atoms with Gasteiger partial charge in [-0.15, -0.1) is 5.10 Å². The van der Waals surface area contributed by atoms with Crippen molar-refractivity contribution in [1.82, 2.24) is 25.5 Å². The minimum Gasteiger partial charge on any atom is -0.465 e. The summed E-state index contributed by atoms with van der Waals surface area (Å²) in [7, 11) is 0. The Labute approximate surface area is 116 Å². The Morgan fingerprint density at radius 3 is 2.65 bits per heavy atom. The molecule has 0 atom stereocenters. The lowest BCUT2D eigenvalue weighted by atomic mass is 10.2. The molecule has 0 radical (unpaired) electrons. The molecule has 0 aliphatic rings. The molecule has 0 saturated heterocycles. The van der Waals surface area contributed by atoms with Crippen LogP contribution in [0.25, 0.3) is 0 Å². The van der Waals surface area contributed by atoms with Crippen molar-refractivity contribution in [3.8, 4) is 0 Å². The maximum Gasteiger partial charge on any atom is 0.408 e. The highest BCUT2D eigenvalue weighted by Crippen LogP contribution is 2.06. The lowest BCUT2D eigenvalue weighted by Gasteiger charge is -2.19. The second-order valence-corrected chi connectivity index (χ2v) is 4.91. The first-order chi connectivity index (χ1) is 9.31. The van der Waals surface area contributed by atoms with Gasteiger partial charge < -0.3 is 14.8 Å². The van der Waals surface area contributed by atoms with Crippen LogP contribution in [0, 0.1) is 0 Å². The number of ether oxygens (including phenoxy) is 2. The maximum atomic E-state index is 11.5. The fraction of sp³-hybridized carbons (Fsp3) is 0.727. The highest BCUT2D eigenvalue weighted by Gasteiger charge is 2.17. The van der Waals surface area contributed by atoms with Crippen molar-refractivity contribution in [2.45, 2.75) is 46.4 Å². The van der Waals surface area contributed by atoms with E-state index in [0.29, 0.717) is 5.82 Å². The molecule has 0 aliphatic carbocycles. The van der Waals surface area contributed by atoms with Gasteiger partial charge in [-0.2, -0.15) is 0 Å². The van der Waals surface area contributed by atoms with Crippen LogP contribution in [0.1, 0.15) is 33.5 Å². The van der Waals surface area contributed by atoms with Crippen molar-refractivity contribution in [3.63, 3.8) is 0 Å². The molecular formula is C11H19N5O4. The van der Waals surface area contributed by atoms with Crippen LogP contribution < -0.4 is 5.32 Å². The standard InChI is InChI=1S/C11H19N5O4/c1-5-19-9(17)7-16-8(13-14-15-16)6-12-10(18)20-11(2,3)4/h5-7H2,1-4H3,(H,12,18). The lowest BCUT2D eigenvalue weighted by Crippen LogP contribution is -2.33. The van der Waals surface area contributed by atoms with Crippen LogP contribution in [-0.2, 0) is 27.4 Å². The molecule has 1 N–H and O–H groups in total. The van der Waals surface area contributed by atoms with Gasteiger partial charge in [-0.05, 0) is 38.1 Å². The zero-order valence-electron chi connectivity index (χ0n) is 12.0. The summed E-state index contributed by atoms with van der Waals surface area (Å²) >= 11 is 0. The van der Waals surface area contributed by atoms with E-state index >= 15 is 0 Å². The van der Waals surface area contributed by atoms with Crippen LogP contribution in [0.2, 0.25) is 0 Å². The highest BCUT2D eigenvalue weighted by atomic mass is 16.6. The second-order valence-electron chi connectivity index (χ2n) is 4.91. The first-order valence-electron chi connectivity index (χ1n) is 6.19. The van der Waals surface area contributed by atoms with Gasteiger partial charge in [0.05, 0.1) is 13.2 Å². The minimum atomic E-state index is -0.582. The fourth-order valence-corrected chi connectivity index (χ4v) is 1.27. The predicted molar refractivity (Wildman–Crippen MR) is 67.5 cm³/mol. The number of alkyl carbamates (subject to hydrolysis) is 1. The highest BCUT2D eigenvalue weighted by molar-refractivity contribution is 5.69. The van der Waals surface area contributed by atoms with E-state index in [1.807, 2.05) is 0 Å². The molecule has 9 heteroatoms. The van der Waals surface area contributed by atoms with E-state index in [1.165, 1.54) is 4.68 Å². The van der Waals surface area contributed by atoms with Gasteiger partial charge in [0.25, 0.3) is 0 Å². The summed E-state index contributed by atoms with van der Waals surface area (Å²) in [6.07, 6.45) is -0.580. The van der Waals surface area contributed by atoms with Gasteiger partial charge in [0.2, 0.25) is 0 Å². The number of esters is 1. The molecule has 9 nitrogen and oxygen atoms in total. The Morgan fingerprint density at radius 2 is 2.05 bits per heavy atom. The number of nitrogens with one attached hydrogen (secondary N) is 1. The normalized spacial score (nSPS) is 11.0. The summed E-state index contributed by atoms with van der Waals surface area (Å²) in [6.45, 7) is 7.23. The number of tetrazole rings is 1. The zero-order chi connectivity index (χ0) is 15.2. The topological polar surface area (TPSA) is 108 Å². The zero-order valence-corrected chi connectivity index (χ0v) is 12.0. The van der Waals surface area contributed by atoms with Crippen molar-refractivity contribution >= 4 is 12.1 Å². The third-order valence-corrected chi connectivity index (χ3v) is 1.98. The smallest absolute Gasteiger partial charge is 0.408 e. The Hall–Kier alpha value is -2.19. The molecule has 1 amide bonds. The molecule has 112 valence electrons. The molecule has 0 spiro atoms. The molecule has 1 heterocycles. The summed E-state index contributed by atoms with van der Waals surface area (Å²) in [6, 6.07) is 0. The van der Waals surface area contributed by atoms with Gasteiger partial charge in [-0.1, -0.05) is 0 Å². The van der Waals surface area contributed by atoms with Crippen LogP contribution in [-0.4, -0.2) is 44.5 Å². The molecule has 0 saturated carbocycles. The Bertz CT molecular complexity index is 466. The van der Waals surface area contributed by atoms with Crippen LogP contribution in [0.15, 0.2) is 0 Å². The second kappa shape index (κ2) is 6.83. The number of amides is 1. The van der Waals surface area contributed by atoms with Gasteiger partial charge in [-0.3, -0.25) is 4.79 Å². The van der Waals surface area contributed by atoms with E-state index in [-0.39, 0.29) is 19.7 Å². The van der Waals surface area contributed by atoms with Gasteiger partial charge in [0.1, 0.15) is 12.1 Å². The third-order valence-electron chi connectivity index (χ3n) is 1.98. The molecule has 0 unspecified atom stereocenters. The summed E-state index contributed by atoms with van der Waals surface area (Å²) in [5, 5.41) is 13.3. The predicted octanol–water partition coefficient (Wildman–Crippen LogP) is 0.261. The number of hydrogen-bond donors (Lipinski definition) is 1. The fourth-order valence-electron chi connectivity index (χ4n) is 1.27. The monoisotopic (exact) mass is 285 g/mol. The van der Waals surface area contributed by atoms with E-state index in [1.54, 1.807) is 27.7 Å². The summed E-state index contributed by atoms with van der Waals surface area (Å²) in [5.41, 5.74) is -0.582. The van der Waals surface area contributed by atoms with Gasteiger partial charge in [-0.25, -0.2) is 9.48 Å². The van der Waals surface area contributed by atoms with Gasteiger partial charge >= 0.3 is 12.1 Å². The molecule has 0 aliphatic heterocycles. The lowest BCUT2D eigenvalue weighted by molar-refractivity contribution is -0.144. The van der Waals surface area contributed by atoms with Crippen LogP contribution >= 0.6 is 0 Å². The average molecular weight is 285 g/mol. The van der Waals surface area contributed by atoms with E-state index in [0.717, 1.165) is 0 Å². The SMILES string of the molecule is CCOC(=O)Cn1nnnc1CNC(=O)OC(C)(C)C. The number of aromatic nitrogens is 4. The molecule has 1 aromatic heterocycles. The van der Waals surface area contributed by atoms with Gasteiger partial charge in [0, 0.05) is 0 Å². The molecular weight excluding hydrogens is 266 g/mol. The third kappa shape index (κ3) is 5.63. The number of carbonyl (C=O) groups excluding carboxylic acids is 2. The molecule has 0 bridgehead atoms. The number of carbonyl (C=O) groups is 2. The van der Waals surface area contributed by atoms with E-state index in [2.05, 4.69) is 20.8 Å². The number of nitrogens with zero attached hydrogens (tertiary/aromatic N) is 4. The van der Waals surface area contributed by atoms with Crippen molar-refractivity contribution in [3.05, 3.63) is 5.82 Å². The molecule has 20 heavy (non-hydrogen) atoms. The summed E-state index contributed by atoms with van der Waals surface area (Å²) in [5.74, 6) is -0.109. The number of rotatable bonds is 5. The molecule has 1 aromatic rings. The van der Waals surface area contributed by atoms with Crippen molar-refractivity contribution < 1.29 is 19.1 Å². The summed E-state index contributed by atoms with van der Waals surface area (Å²) in [4.78, 5) is 22.8. The first kappa shape index (κ1) is 15.9. The number of hydrogen-bond acceptors (Lipinski definition) is 7. The van der Waals surface area contributed by atoms with E-state index in [9.17, 15) is 9.59 Å². The van der Waals surface area contributed by atoms with Crippen molar-refractivity contribution in [2.75, 3.05) is 6.61 Å². The Kier molecular flexibility index (Phi) is 5.42. The van der Waals surface area contributed by atoms with Crippen LogP contribution in [0.5, 0.6) is 0 Å².